The van der Waals surface area contributed by atoms with Crippen molar-refractivity contribution in [3.8, 4) is 0 Å². The maximum Gasteiger partial charge on any atom is 0.0849 e. The lowest BCUT2D eigenvalue weighted by Gasteiger charge is -2.41. The van der Waals surface area contributed by atoms with Crippen LogP contribution in [0.3, 0.4) is 0 Å². The van der Waals surface area contributed by atoms with Gasteiger partial charge in [-0.1, -0.05) is 12.2 Å². The van der Waals surface area contributed by atoms with Gasteiger partial charge in [-0.2, -0.15) is 11.8 Å². The van der Waals surface area contributed by atoms with E-state index < -0.39 is 0 Å². The van der Waals surface area contributed by atoms with Crippen LogP contribution in [0.25, 0.3) is 0 Å². The summed E-state index contributed by atoms with van der Waals surface area (Å²) in [6.45, 7) is 3.28. The molecule has 18 heavy (non-hydrogen) atoms. The molecule has 3 unspecified atom stereocenters. The summed E-state index contributed by atoms with van der Waals surface area (Å²) in [6, 6.07) is 0.471. The number of nitrogens with zero attached hydrogens (tertiary/aromatic N) is 3. The molecule has 0 bridgehead atoms. The molecule has 0 aromatic heterocycles. The first kappa shape index (κ1) is 12.7. The highest BCUT2D eigenvalue weighted by atomic mass is 32.2. The van der Waals surface area contributed by atoms with E-state index in [9.17, 15) is 0 Å². The zero-order chi connectivity index (χ0) is 12.2. The molecule has 1 radical (unpaired) electrons. The van der Waals surface area contributed by atoms with Gasteiger partial charge in [-0.25, -0.2) is 5.32 Å². The Morgan fingerprint density at radius 1 is 1.22 bits per heavy atom. The van der Waals surface area contributed by atoms with E-state index in [0.717, 1.165) is 13.0 Å². The van der Waals surface area contributed by atoms with Crippen molar-refractivity contribution in [1.82, 2.24) is 10.2 Å². The highest BCUT2D eigenvalue weighted by Crippen LogP contribution is 2.27. The molecular weight excluding hydrogens is 242 g/mol. The molecule has 3 heterocycles. The standard InChI is InChI=1S/C14H22N3S/c1-2-6-15-13(5-1)12-4-3-7-16-14(12)17-8-10-18-11-9-17/h3-4,6,12-14H,1-2,5,7-11H2. The molecule has 0 spiro atoms. The van der Waals surface area contributed by atoms with Gasteiger partial charge in [0.05, 0.1) is 12.2 Å². The molecule has 3 aliphatic heterocycles. The Morgan fingerprint density at radius 2 is 2.11 bits per heavy atom. The molecule has 3 atom stereocenters. The second-order valence-corrected chi connectivity index (χ2v) is 6.49. The summed E-state index contributed by atoms with van der Waals surface area (Å²) in [5.41, 5.74) is 0. The van der Waals surface area contributed by atoms with E-state index >= 15 is 0 Å². The van der Waals surface area contributed by atoms with Gasteiger partial charge in [0.15, 0.2) is 0 Å². The zero-order valence-electron chi connectivity index (χ0n) is 10.9. The van der Waals surface area contributed by atoms with Crippen molar-refractivity contribution in [2.45, 2.75) is 31.5 Å². The number of aliphatic imine (C=N–C) groups is 1. The molecule has 3 nitrogen and oxygen atoms in total. The third kappa shape index (κ3) is 2.81. The third-order valence-electron chi connectivity index (χ3n) is 4.09. The molecule has 0 aromatic rings. The van der Waals surface area contributed by atoms with E-state index in [0.29, 0.717) is 18.1 Å². The van der Waals surface area contributed by atoms with Gasteiger partial charge in [-0.3, -0.25) is 9.89 Å². The van der Waals surface area contributed by atoms with Gasteiger partial charge in [-0.15, -0.1) is 0 Å². The average molecular weight is 264 g/mol. The van der Waals surface area contributed by atoms with Crippen molar-refractivity contribution in [3.63, 3.8) is 0 Å². The first-order valence-corrected chi connectivity index (χ1v) is 8.27. The van der Waals surface area contributed by atoms with Crippen molar-refractivity contribution >= 4 is 18.0 Å². The van der Waals surface area contributed by atoms with Crippen LogP contribution in [0.5, 0.6) is 0 Å². The maximum absolute atomic E-state index is 4.87. The fourth-order valence-corrected chi connectivity index (χ4v) is 4.06. The summed E-state index contributed by atoms with van der Waals surface area (Å²) in [5, 5.41) is 4.87. The van der Waals surface area contributed by atoms with Crippen LogP contribution in [0.4, 0.5) is 0 Å². The Kier molecular flexibility index (Phi) is 4.39. The summed E-state index contributed by atoms with van der Waals surface area (Å²) < 4.78 is 0. The van der Waals surface area contributed by atoms with E-state index in [2.05, 4.69) is 35.0 Å². The van der Waals surface area contributed by atoms with Crippen LogP contribution in [-0.2, 0) is 0 Å². The quantitative estimate of drug-likeness (QED) is 0.712. The van der Waals surface area contributed by atoms with Gasteiger partial charge in [0, 0.05) is 37.1 Å². The van der Waals surface area contributed by atoms with Gasteiger partial charge in [0.2, 0.25) is 0 Å². The fourth-order valence-electron chi connectivity index (χ4n) is 3.13. The van der Waals surface area contributed by atoms with E-state index in [1.165, 1.54) is 37.4 Å². The van der Waals surface area contributed by atoms with Crippen molar-refractivity contribution < 1.29 is 0 Å². The first-order valence-electron chi connectivity index (χ1n) is 7.12. The monoisotopic (exact) mass is 264 g/mol. The molecule has 3 rings (SSSR count). The van der Waals surface area contributed by atoms with Crippen LogP contribution < -0.4 is 5.32 Å². The van der Waals surface area contributed by atoms with Gasteiger partial charge in [0.25, 0.3) is 0 Å². The molecule has 0 N–H and O–H groups in total. The third-order valence-corrected chi connectivity index (χ3v) is 5.04. The summed E-state index contributed by atoms with van der Waals surface area (Å²) in [7, 11) is 0. The Balaban J connectivity index is 1.72. The molecular formula is C14H22N3S. The summed E-state index contributed by atoms with van der Waals surface area (Å²) in [6.07, 6.45) is 10.8. The normalized spacial score (nSPS) is 37.9. The van der Waals surface area contributed by atoms with Gasteiger partial charge in [0.1, 0.15) is 0 Å². The van der Waals surface area contributed by atoms with Crippen LogP contribution in [0.2, 0.25) is 0 Å². The Labute approximate surface area is 114 Å². The maximum atomic E-state index is 4.87. The van der Waals surface area contributed by atoms with Crippen molar-refractivity contribution in [2.75, 3.05) is 31.1 Å². The number of thioether (sulfide) groups is 1. The topological polar surface area (TPSA) is 29.7 Å². The van der Waals surface area contributed by atoms with Crippen LogP contribution in [0.1, 0.15) is 19.3 Å². The predicted molar refractivity (Wildman–Crippen MR) is 78.4 cm³/mol. The highest BCUT2D eigenvalue weighted by molar-refractivity contribution is 7.99. The lowest BCUT2D eigenvalue weighted by atomic mass is 9.88. The Hall–Kier alpha value is -0.320. The zero-order valence-corrected chi connectivity index (χ0v) is 11.7. The minimum absolute atomic E-state index is 0.385. The first-order chi connectivity index (χ1) is 8.95. The fraction of sp³-hybridized carbons (Fsp3) is 0.786. The van der Waals surface area contributed by atoms with Crippen LogP contribution in [-0.4, -0.2) is 54.5 Å². The van der Waals surface area contributed by atoms with Crippen LogP contribution in [0.15, 0.2) is 17.1 Å². The second-order valence-electron chi connectivity index (χ2n) is 5.26. The minimum Gasteiger partial charge on any atom is -0.293 e. The number of hydrogen-bond donors (Lipinski definition) is 0. The highest BCUT2D eigenvalue weighted by Gasteiger charge is 2.34. The van der Waals surface area contributed by atoms with Crippen molar-refractivity contribution in [1.29, 1.82) is 0 Å². The van der Waals surface area contributed by atoms with E-state index in [1.54, 1.807) is 0 Å². The molecule has 0 saturated carbocycles. The van der Waals surface area contributed by atoms with E-state index in [1.807, 2.05) is 0 Å². The number of rotatable bonds is 2. The Bertz CT molecular complexity index is 323. The molecule has 3 aliphatic rings. The molecule has 1 saturated heterocycles. The van der Waals surface area contributed by atoms with Gasteiger partial charge < -0.3 is 0 Å². The van der Waals surface area contributed by atoms with Crippen LogP contribution in [0, 0.1) is 5.92 Å². The Morgan fingerprint density at radius 3 is 2.89 bits per heavy atom. The lowest BCUT2D eigenvalue weighted by molar-refractivity contribution is 0.121. The SMILES string of the molecule is C1=CC(C2CCCC=N2)C(N2CCSCC2)[N]C1. The number of hydrogen-bond acceptors (Lipinski definition) is 3. The predicted octanol–water partition coefficient (Wildman–Crippen LogP) is 1.77. The van der Waals surface area contributed by atoms with E-state index in [4.69, 9.17) is 10.3 Å². The van der Waals surface area contributed by atoms with E-state index in [-0.39, 0.29) is 0 Å². The van der Waals surface area contributed by atoms with Crippen molar-refractivity contribution in [2.24, 2.45) is 10.9 Å². The van der Waals surface area contributed by atoms with Crippen molar-refractivity contribution in [3.05, 3.63) is 12.2 Å². The molecule has 1 fully saturated rings. The summed E-state index contributed by atoms with van der Waals surface area (Å²) >= 11 is 2.07. The minimum atomic E-state index is 0.385. The summed E-state index contributed by atoms with van der Waals surface area (Å²) in [4.78, 5) is 7.31. The molecule has 99 valence electrons. The molecule has 0 amide bonds. The van der Waals surface area contributed by atoms with Gasteiger partial charge in [-0.05, 0) is 25.5 Å². The molecule has 0 aromatic carbocycles. The molecule has 0 aliphatic carbocycles. The second kappa shape index (κ2) is 6.22. The average Bonchev–Trinajstić information content (AvgIpc) is 2.49. The van der Waals surface area contributed by atoms with Crippen LogP contribution >= 0.6 is 11.8 Å². The van der Waals surface area contributed by atoms with Gasteiger partial charge >= 0.3 is 0 Å². The molecule has 4 heteroatoms. The summed E-state index contributed by atoms with van der Waals surface area (Å²) in [5.74, 6) is 3.03. The smallest absolute Gasteiger partial charge is 0.0849 e. The largest absolute Gasteiger partial charge is 0.293 e. The lowest BCUT2D eigenvalue weighted by Crippen LogP contribution is -2.53.